The van der Waals surface area contributed by atoms with E-state index in [1.807, 2.05) is 0 Å². The molecule has 0 aromatic carbocycles. The number of nitrogens with zero attached hydrogens (tertiary/aromatic N) is 2. The molecule has 1 aliphatic heterocycles. The first kappa shape index (κ1) is 13.4. The van der Waals surface area contributed by atoms with Crippen molar-refractivity contribution in [3.8, 4) is 0 Å². The van der Waals surface area contributed by atoms with Crippen LogP contribution in [0.15, 0.2) is 0 Å². The fourth-order valence-corrected chi connectivity index (χ4v) is 1.78. The number of piperazine rings is 1. The maximum Gasteiger partial charge on any atom is 0.220 e. The van der Waals surface area contributed by atoms with Crippen LogP contribution in [0.25, 0.3) is 0 Å². The van der Waals surface area contributed by atoms with E-state index in [1.54, 1.807) is 0 Å². The molecule has 0 unspecified atom stereocenters. The Morgan fingerprint density at radius 3 is 2.62 bits per heavy atom. The molecule has 0 aliphatic carbocycles. The number of amides is 1. The average Bonchev–Trinajstić information content (AvgIpc) is 2.29. The monoisotopic (exact) mass is 228 g/mol. The Kier molecular flexibility index (Phi) is 6.37. The fourth-order valence-electron chi connectivity index (χ4n) is 1.78. The number of rotatable bonds is 6. The van der Waals surface area contributed by atoms with Crippen LogP contribution >= 0.6 is 0 Å². The lowest BCUT2D eigenvalue weighted by Gasteiger charge is -2.32. The molecule has 94 valence electrons. The van der Waals surface area contributed by atoms with Crippen LogP contribution in [-0.4, -0.2) is 68.6 Å². The summed E-state index contributed by atoms with van der Waals surface area (Å²) in [4.78, 5) is 16.0. The maximum atomic E-state index is 11.3. The molecule has 1 aliphatic rings. The van der Waals surface area contributed by atoms with Gasteiger partial charge in [-0.2, -0.15) is 0 Å². The van der Waals surface area contributed by atoms with E-state index < -0.39 is 0 Å². The lowest BCUT2D eigenvalue weighted by molar-refractivity contribution is -0.121. The topological polar surface area (TPSA) is 61.6 Å². The summed E-state index contributed by atoms with van der Waals surface area (Å²) in [5, 5.41) is 2.93. The van der Waals surface area contributed by atoms with E-state index in [2.05, 4.69) is 22.2 Å². The van der Waals surface area contributed by atoms with E-state index in [9.17, 15) is 4.79 Å². The number of carbonyl (C=O) groups excluding carboxylic acids is 1. The highest BCUT2D eigenvalue weighted by molar-refractivity contribution is 5.75. The van der Waals surface area contributed by atoms with Gasteiger partial charge in [0.2, 0.25) is 5.91 Å². The van der Waals surface area contributed by atoms with Gasteiger partial charge in [0.05, 0.1) is 0 Å². The second-order valence-electron chi connectivity index (χ2n) is 4.39. The fraction of sp³-hybridized carbons (Fsp3) is 0.909. The molecule has 5 nitrogen and oxygen atoms in total. The first-order valence-electron chi connectivity index (χ1n) is 6.10. The molecule has 1 amide bonds. The predicted molar refractivity (Wildman–Crippen MR) is 65.2 cm³/mol. The van der Waals surface area contributed by atoms with Crippen molar-refractivity contribution in [2.45, 2.75) is 12.8 Å². The summed E-state index contributed by atoms with van der Waals surface area (Å²) >= 11 is 0. The maximum absolute atomic E-state index is 11.3. The van der Waals surface area contributed by atoms with Crippen LogP contribution in [0.3, 0.4) is 0 Å². The minimum absolute atomic E-state index is 0.125. The Morgan fingerprint density at radius 1 is 1.31 bits per heavy atom. The second kappa shape index (κ2) is 7.60. The van der Waals surface area contributed by atoms with Crippen molar-refractivity contribution in [1.29, 1.82) is 0 Å². The van der Waals surface area contributed by atoms with E-state index in [1.165, 1.54) is 0 Å². The van der Waals surface area contributed by atoms with E-state index in [0.717, 1.165) is 45.7 Å². The summed E-state index contributed by atoms with van der Waals surface area (Å²) in [6.07, 6.45) is 1.33. The van der Waals surface area contributed by atoms with Crippen molar-refractivity contribution in [2.24, 2.45) is 5.73 Å². The van der Waals surface area contributed by atoms with E-state index in [0.29, 0.717) is 13.0 Å². The second-order valence-corrected chi connectivity index (χ2v) is 4.39. The van der Waals surface area contributed by atoms with Crippen LogP contribution < -0.4 is 11.1 Å². The lowest BCUT2D eigenvalue weighted by atomic mass is 10.3. The Morgan fingerprint density at radius 2 is 2.00 bits per heavy atom. The first-order valence-corrected chi connectivity index (χ1v) is 6.10. The SMILES string of the molecule is CN1CCN(CCNC(=O)CCCN)CC1. The minimum Gasteiger partial charge on any atom is -0.355 e. The smallest absolute Gasteiger partial charge is 0.220 e. The zero-order valence-corrected chi connectivity index (χ0v) is 10.2. The standard InChI is InChI=1S/C11H24N4O/c1-14-7-9-15(10-8-14)6-5-13-11(16)3-2-4-12/h2-10,12H2,1H3,(H,13,16). The molecular weight excluding hydrogens is 204 g/mol. The Bertz CT molecular complexity index is 202. The normalized spacial score (nSPS) is 18.6. The van der Waals surface area contributed by atoms with Crippen LogP contribution in [0.5, 0.6) is 0 Å². The van der Waals surface area contributed by atoms with E-state index in [4.69, 9.17) is 5.73 Å². The van der Waals surface area contributed by atoms with E-state index in [-0.39, 0.29) is 5.91 Å². The van der Waals surface area contributed by atoms with Gasteiger partial charge in [0.25, 0.3) is 0 Å². The molecular formula is C11H24N4O. The van der Waals surface area contributed by atoms with Gasteiger partial charge in [0, 0.05) is 45.7 Å². The van der Waals surface area contributed by atoms with Gasteiger partial charge in [0.15, 0.2) is 0 Å². The third-order valence-electron chi connectivity index (χ3n) is 2.95. The molecule has 0 spiro atoms. The highest BCUT2D eigenvalue weighted by atomic mass is 16.1. The molecule has 5 heteroatoms. The van der Waals surface area contributed by atoms with Gasteiger partial charge in [-0.3, -0.25) is 9.69 Å². The molecule has 0 atom stereocenters. The zero-order valence-electron chi connectivity index (χ0n) is 10.2. The van der Waals surface area contributed by atoms with Crippen molar-refractivity contribution >= 4 is 5.91 Å². The van der Waals surface area contributed by atoms with Gasteiger partial charge < -0.3 is 16.0 Å². The number of hydrogen-bond donors (Lipinski definition) is 2. The summed E-state index contributed by atoms with van der Waals surface area (Å²) < 4.78 is 0. The highest BCUT2D eigenvalue weighted by Crippen LogP contribution is 1.97. The molecule has 0 radical (unpaired) electrons. The summed E-state index contributed by atoms with van der Waals surface area (Å²) in [5.74, 6) is 0.125. The van der Waals surface area contributed by atoms with Crippen molar-refractivity contribution < 1.29 is 4.79 Å². The predicted octanol–water partition coefficient (Wildman–Crippen LogP) is -0.911. The number of nitrogens with two attached hydrogens (primary N) is 1. The van der Waals surface area contributed by atoms with Gasteiger partial charge in [-0.15, -0.1) is 0 Å². The molecule has 0 aromatic rings. The van der Waals surface area contributed by atoms with Crippen LogP contribution in [0.4, 0.5) is 0 Å². The van der Waals surface area contributed by atoms with E-state index >= 15 is 0 Å². The zero-order chi connectivity index (χ0) is 11.8. The molecule has 1 heterocycles. The Labute approximate surface area is 98.0 Å². The molecule has 16 heavy (non-hydrogen) atoms. The first-order chi connectivity index (χ1) is 7.72. The third kappa shape index (κ3) is 5.44. The molecule has 3 N–H and O–H groups in total. The summed E-state index contributed by atoms with van der Waals surface area (Å²) in [7, 11) is 2.14. The Balaban J connectivity index is 2.00. The van der Waals surface area contributed by atoms with Crippen molar-refractivity contribution in [1.82, 2.24) is 15.1 Å². The third-order valence-corrected chi connectivity index (χ3v) is 2.95. The number of hydrogen-bond acceptors (Lipinski definition) is 4. The van der Waals surface area contributed by atoms with Crippen LogP contribution in [-0.2, 0) is 4.79 Å². The summed E-state index contributed by atoms with van der Waals surface area (Å²) in [6, 6.07) is 0. The van der Waals surface area contributed by atoms with Gasteiger partial charge >= 0.3 is 0 Å². The lowest BCUT2D eigenvalue weighted by Crippen LogP contribution is -2.46. The number of nitrogens with one attached hydrogen (secondary N) is 1. The van der Waals surface area contributed by atoms with Crippen molar-refractivity contribution in [3.63, 3.8) is 0 Å². The minimum atomic E-state index is 0.125. The Hall–Kier alpha value is -0.650. The molecule has 0 saturated carbocycles. The number of likely N-dealkylation sites (N-methyl/N-ethyl adjacent to an activating group) is 1. The van der Waals surface area contributed by atoms with Crippen molar-refractivity contribution in [3.05, 3.63) is 0 Å². The van der Waals surface area contributed by atoms with Gasteiger partial charge in [0.1, 0.15) is 0 Å². The molecule has 1 saturated heterocycles. The van der Waals surface area contributed by atoms with Gasteiger partial charge in [-0.1, -0.05) is 0 Å². The van der Waals surface area contributed by atoms with Gasteiger partial charge in [-0.25, -0.2) is 0 Å². The van der Waals surface area contributed by atoms with Crippen molar-refractivity contribution in [2.75, 3.05) is 52.9 Å². The largest absolute Gasteiger partial charge is 0.355 e. The average molecular weight is 228 g/mol. The number of carbonyl (C=O) groups is 1. The summed E-state index contributed by atoms with van der Waals surface area (Å²) in [5.41, 5.74) is 5.34. The van der Waals surface area contributed by atoms with Gasteiger partial charge in [-0.05, 0) is 20.0 Å². The van der Waals surface area contributed by atoms with Crippen LogP contribution in [0, 0.1) is 0 Å². The quantitative estimate of drug-likeness (QED) is 0.618. The molecule has 1 fully saturated rings. The summed E-state index contributed by atoms with van der Waals surface area (Å²) in [6.45, 7) is 6.77. The highest BCUT2D eigenvalue weighted by Gasteiger charge is 2.12. The molecule has 0 bridgehead atoms. The van der Waals surface area contributed by atoms with Crippen LogP contribution in [0.2, 0.25) is 0 Å². The van der Waals surface area contributed by atoms with Crippen LogP contribution in [0.1, 0.15) is 12.8 Å². The molecule has 0 aromatic heterocycles. The molecule has 1 rings (SSSR count).